The van der Waals surface area contributed by atoms with Crippen LogP contribution in [0.5, 0.6) is 0 Å². The van der Waals surface area contributed by atoms with Gasteiger partial charge in [-0.1, -0.05) is 0 Å². The molecule has 0 aromatic heterocycles. The van der Waals surface area contributed by atoms with Crippen LogP contribution in [0.2, 0.25) is 0 Å². The van der Waals surface area contributed by atoms with E-state index in [1.165, 1.54) is 0 Å². The van der Waals surface area contributed by atoms with Crippen molar-refractivity contribution in [1.29, 1.82) is 0 Å². The summed E-state index contributed by atoms with van der Waals surface area (Å²) in [5, 5.41) is 8.79. The molecule has 0 aliphatic carbocycles. The molecule has 1 aliphatic rings. The molecule has 0 aromatic carbocycles. The Morgan fingerprint density at radius 1 is 1.44 bits per heavy atom. The normalized spacial score (nSPS) is 25.4. The molecule has 1 aliphatic heterocycles. The maximum Gasteiger partial charge on any atom is 0.345 e. The van der Waals surface area contributed by atoms with Gasteiger partial charge in [0.15, 0.2) is 13.6 Å². The molecule has 1 fully saturated rings. The highest BCUT2D eigenvalue weighted by Gasteiger charge is 2.31. The van der Waals surface area contributed by atoms with Gasteiger partial charge in [-0.3, -0.25) is 14.3 Å². The second-order valence-electron chi connectivity index (χ2n) is 1.48. The van der Waals surface area contributed by atoms with Gasteiger partial charge in [0.2, 0.25) is 6.29 Å². The highest BCUT2D eigenvalue weighted by molar-refractivity contribution is 5.57. The zero-order chi connectivity index (χ0) is 6.74. The fourth-order valence-corrected chi connectivity index (χ4v) is 0.396. The summed E-state index contributed by atoms with van der Waals surface area (Å²) in [7, 11) is 0. The van der Waals surface area contributed by atoms with Crippen molar-refractivity contribution < 1.29 is 24.1 Å². The van der Waals surface area contributed by atoms with E-state index in [0.717, 1.165) is 0 Å². The third-order valence-corrected chi connectivity index (χ3v) is 0.847. The van der Waals surface area contributed by atoms with Crippen molar-refractivity contribution in [2.45, 2.75) is 5.97 Å². The predicted molar refractivity (Wildman–Crippen MR) is 24.0 cm³/mol. The lowest BCUT2D eigenvalue weighted by Gasteiger charge is -2.25. The van der Waals surface area contributed by atoms with Crippen molar-refractivity contribution in [2.24, 2.45) is 0 Å². The molecule has 1 heterocycles. The summed E-state index contributed by atoms with van der Waals surface area (Å²) < 4.78 is 13.2. The third-order valence-electron chi connectivity index (χ3n) is 0.847. The van der Waals surface area contributed by atoms with E-state index in [-0.39, 0.29) is 19.9 Å². The Hall–Kier alpha value is -0.490. The molecule has 5 nitrogen and oxygen atoms in total. The molecule has 9 heavy (non-hydrogen) atoms. The molecule has 0 radical (unpaired) electrons. The van der Waals surface area contributed by atoms with E-state index in [2.05, 4.69) is 14.2 Å². The van der Waals surface area contributed by atoms with Gasteiger partial charge in [-0.15, -0.1) is 0 Å². The fourth-order valence-electron chi connectivity index (χ4n) is 0.396. The number of aldehydes is 1. The summed E-state index contributed by atoms with van der Waals surface area (Å²) in [5.74, 6) is -2.09. The summed E-state index contributed by atoms with van der Waals surface area (Å²) in [4.78, 5) is 9.93. The van der Waals surface area contributed by atoms with Crippen molar-refractivity contribution in [3.8, 4) is 0 Å². The van der Waals surface area contributed by atoms with Crippen LogP contribution in [-0.4, -0.2) is 31.0 Å². The van der Waals surface area contributed by atoms with Gasteiger partial charge < -0.3 is 9.84 Å². The van der Waals surface area contributed by atoms with E-state index in [1.807, 2.05) is 0 Å². The average Bonchev–Trinajstić information content (AvgIpc) is 1.90. The minimum absolute atomic E-state index is 0.130. The molecule has 0 bridgehead atoms. The molecule has 0 saturated carbocycles. The molecule has 0 spiro atoms. The molecule has 5 heteroatoms. The highest BCUT2D eigenvalue weighted by atomic mass is 16.9. The molecule has 1 N–H and O–H groups in total. The van der Waals surface area contributed by atoms with Crippen LogP contribution in [-0.2, 0) is 19.0 Å². The van der Waals surface area contributed by atoms with Crippen LogP contribution in [0.4, 0.5) is 0 Å². The minimum atomic E-state index is -2.09. The van der Waals surface area contributed by atoms with Gasteiger partial charge in [0.05, 0.1) is 0 Å². The summed E-state index contributed by atoms with van der Waals surface area (Å²) >= 11 is 0. The van der Waals surface area contributed by atoms with E-state index in [9.17, 15) is 4.79 Å². The predicted octanol–water partition coefficient (Wildman–Crippen LogP) is -1.19. The monoisotopic (exact) mass is 134 g/mol. The van der Waals surface area contributed by atoms with Crippen LogP contribution >= 0.6 is 0 Å². The van der Waals surface area contributed by atoms with Crippen molar-refractivity contribution >= 4 is 6.29 Å². The van der Waals surface area contributed by atoms with Gasteiger partial charge in [0.1, 0.15) is 0 Å². The molecule has 0 unspecified atom stereocenters. The number of rotatable bonds is 1. The summed E-state index contributed by atoms with van der Waals surface area (Å²) in [5.41, 5.74) is 0. The molecule has 0 aromatic rings. The molecule has 52 valence electrons. The van der Waals surface area contributed by atoms with Crippen LogP contribution in [0.3, 0.4) is 0 Å². The lowest BCUT2D eigenvalue weighted by atomic mass is 10.6. The Labute approximate surface area is 51.1 Å². The van der Waals surface area contributed by atoms with Gasteiger partial charge in [-0.2, -0.15) is 0 Å². The molecule has 1 rings (SSSR count). The summed E-state index contributed by atoms with van der Waals surface area (Å²) in [6.45, 7) is -0.259. The van der Waals surface area contributed by atoms with Crippen molar-refractivity contribution in [1.82, 2.24) is 0 Å². The van der Waals surface area contributed by atoms with E-state index >= 15 is 0 Å². The lowest BCUT2D eigenvalue weighted by molar-refractivity contribution is -0.412. The molecular formula is C4H6O5. The van der Waals surface area contributed by atoms with E-state index in [4.69, 9.17) is 5.11 Å². The minimum Gasteiger partial charge on any atom is -0.337 e. The van der Waals surface area contributed by atoms with Gasteiger partial charge in [-0.25, -0.2) is 0 Å². The van der Waals surface area contributed by atoms with Crippen LogP contribution in [0.25, 0.3) is 0 Å². The van der Waals surface area contributed by atoms with Crippen LogP contribution < -0.4 is 0 Å². The quantitative estimate of drug-likeness (QED) is 0.457. The first kappa shape index (κ1) is 6.63. The van der Waals surface area contributed by atoms with Crippen molar-refractivity contribution in [3.63, 3.8) is 0 Å². The average molecular weight is 134 g/mol. The van der Waals surface area contributed by atoms with Crippen LogP contribution in [0, 0.1) is 0 Å². The zero-order valence-corrected chi connectivity index (χ0v) is 4.57. The highest BCUT2D eigenvalue weighted by Crippen LogP contribution is 2.09. The number of hydrogen-bond acceptors (Lipinski definition) is 5. The Morgan fingerprint density at radius 2 is 2.00 bits per heavy atom. The zero-order valence-electron chi connectivity index (χ0n) is 4.57. The van der Waals surface area contributed by atoms with E-state index < -0.39 is 5.97 Å². The number of aliphatic hydroxyl groups is 1. The number of carbonyl (C=O) groups is 1. The lowest BCUT2D eigenvalue weighted by Crippen LogP contribution is -2.42. The summed E-state index contributed by atoms with van der Waals surface area (Å²) in [6.07, 6.45) is 0.162. The number of carbonyl (C=O) groups excluding carboxylic acids is 1. The molecule has 0 atom stereocenters. The van der Waals surface area contributed by atoms with Gasteiger partial charge >= 0.3 is 5.97 Å². The SMILES string of the molecule is O=CC1(O)OCOCO1. The molecule has 0 amide bonds. The fraction of sp³-hybridized carbons (Fsp3) is 0.750. The third kappa shape index (κ3) is 1.46. The van der Waals surface area contributed by atoms with Gasteiger partial charge in [0, 0.05) is 0 Å². The topological polar surface area (TPSA) is 65.0 Å². The summed E-state index contributed by atoms with van der Waals surface area (Å²) in [6, 6.07) is 0. The first-order chi connectivity index (χ1) is 4.27. The van der Waals surface area contributed by atoms with Gasteiger partial charge in [-0.05, 0) is 0 Å². The second kappa shape index (κ2) is 2.40. The molecular weight excluding hydrogens is 128 g/mol. The van der Waals surface area contributed by atoms with Gasteiger partial charge in [0.25, 0.3) is 0 Å². The van der Waals surface area contributed by atoms with E-state index in [0.29, 0.717) is 0 Å². The Balaban J connectivity index is 2.46. The Morgan fingerprint density at radius 3 is 2.33 bits per heavy atom. The van der Waals surface area contributed by atoms with Crippen molar-refractivity contribution in [3.05, 3.63) is 0 Å². The number of ether oxygens (including phenoxy) is 3. The van der Waals surface area contributed by atoms with E-state index in [1.54, 1.807) is 0 Å². The maximum absolute atomic E-state index is 9.93. The van der Waals surface area contributed by atoms with Crippen molar-refractivity contribution in [2.75, 3.05) is 13.6 Å². The second-order valence-corrected chi connectivity index (χ2v) is 1.48. The first-order valence-corrected chi connectivity index (χ1v) is 2.31. The smallest absolute Gasteiger partial charge is 0.337 e. The number of hydrogen-bond donors (Lipinski definition) is 1. The molecule has 1 saturated heterocycles. The largest absolute Gasteiger partial charge is 0.345 e. The first-order valence-electron chi connectivity index (χ1n) is 2.31. The van der Waals surface area contributed by atoms with Crippen LogP contribution in [0.15, 0.2) is 0 Å². The van der Waals surface area contributed by atoms with Crippen LogP contribution in [0.1, 0.15) is 0 Å². The standard InChI is InChI=1S/C4H6O5/c5-1-4(6)8-2-7-3-9-4/h1,6H,2-3H2. The Kier molecular flexibility index (Phi) is 1.77. The maximum atomic E-state index is 9.93. The Bertz CT molecular complexity index is 106.